The van der Waals surface area contributed by atoms with E-state index in [0.29, 0.717) is 35.2 Å². The maximum atomic E-state index is 12.7. The average molecular weight is 433 g/mol. The van der Waals surface area contributed by atoms with Gasteiger partial charge < -0.3 is 15.4 Å². The first-order chi connectivity index (χ1) is 12.8. The smallest absolute Gasteiger partial charge is 0.259 e. The second kappa shape index (κ2) is 9.55. The highest BCUT2D eigenvalue weighted by Crippen LogP contribution is 2.25. The highest BCUT2D eigenvalue weighted by molar-refractivity contribution is 9.10. The summed E-state index contributed by atoms with van der Waals surface area (Å²) in [6.45, 7) is 8.31. The Morgan fingerprint density at radius 2 is 1.56 bits per heavy atom. The molecule has 0 unspecified atom stereocenters. The molecule has 0 fully saturated rings. The lowest BCUT2D eigenvalue weighted by Gasteiger charge is -2.14. The predicted molar refractivity (Wildman–Crippen MR) is 112 cm³/mol. The molecule has 144 valence electrons. The fourth-order valence-electron chi connectivity index (χ4n) is 2.18. The van der Waals surface area contributed by atoms with Crippen molar-refractivity contribution in [3.8, 4) is 5.75 Å². The highest BCUT2D eigenvalue weighted by Gasteiger charge is 2.14. The molecule has 0 aliphatic rings. The molecule has 0 spiro atoms. The van der Waals surface area contributed by atoms with Crippen molar-refractivity contribution in [2.24, 2.45) is 11.8 Å². The van der Waals surface area contributed by atoms with Crippen LogP contribution in [-0.2, 0) is 4.79 Å². The lowest BCUT2D eigenvalue weighted by Crippen LogP contribution is -2.18. The standard InChI is InChI=1S/C21H25BrN2O3/c1-13(2)12-27-19-10-5-15(22)11-18(19)21(26)24-17-8-6-16(7-9-17)23-20(25)14(3)4/h5-11,13-14H,12H2,1-4H3,(H,23,25)(H,24,26). The van der Waals surface area contributed by atoms with Gasteiger partial charge in [-0.05, 0) is 48.4 Å². The fourth-order valence-corrected chi connectivity index (χ4v) is 2.54. The van der Waals surface area contributed by atoms with Gasteiger partial charge in [-0.25, -0.2) is 0 Å². The Morgan fingerprint density at radius 3 is 2.11 bits per heavy atom. The van der Waals surface area contributed by atoms with Crippen LogP contribution in [0, 0.1) is 11.8 Å². The molecule has 0 radical (unpaired) electrons. The van der Waals surface area contributed by atoms with Crippen molar-refractivity contribution in [1.82, 2.24) is 0 Å². The lowest BCUT2D eigenvalue weighted by atomic mass is 10.1. The van der Waals surface area contributed by atoms with Crippen LogP contribution in [0.25, 0.3) is 0 Å². The number of amides is 2. The number of carbonyl (C=O) groups is 2. The zero-order valence-corrected chi connectivity index (χ0v) is 17.6. The first kappa shape index (κ1) is 21.0. The number of ether oxygens (including phenoxy) is 1. The van der Waals surface area contributed by atoms with E-state index in [1.165, 1.54) is 0 Å². The third-order valence-electron chi connectivity index (χ3n) is 3.69. The van der Waals surface area contributed by atoms with E-state index in [1.54, 1.807) is 36.4 Å². The van der Waals surface area contributed by atoms with E-state index < -0.39 is 0 Å². The molecule has 2 rings (SSSR count). The van der Waals surface area contributed by atoms with E-state index in [9.17, 15) is 9.59 Å². The van der Waals surface area contributed by atoms with Gasteiger partial charge in [0, 0.05) is 21.8 Å². The molecule has 2 amide bonds. The molecule has 0 bridgehead atoms. The summed E-state index contributed by atoms with van der Waals surface area (Å²) in [6, 6.07) is 12.4. The van der Waals surface area contributed by atoms with Gasteiger partial charge in [0.15, 0.2) is 0 Å². The summed E-state index contributed by atoms with van der Waals surface area (Å²) in [6.07, 6.45) is 0. The quantitative estimate of drug-likeness (QED) is 0.620. The van der Waals surface area contributed by atoms with E-state index in [0.717, 1.165) is 4.47 Å². The number of hydrogen-bond donors (Lipinski definition) is 2. The van der Waals surface area contributed by atoms with Gasteiger partial charge in [-0.3, -0.25) is 9.59 Å². The zero-order chi connectivity index (χ0) is 20.0. The first-order valence-electron chi connectivity index (χ1n) is 8.91. The maximum absolute atomic E-state index is 12.7. The molecular weight excluding hydrogens is 408 g/mol. The second-order valence-electron chi connectivity index (χ2n) is 7.02. The minimum absolute atomic E-state index is 0.0483. The Kier molecular flexibility index (Phi) is 7.42. The van der Waals surface area contributed by atoms with Crippen LogP contribution < -0.4 is 15.4 Å². The number of hydrogen-bond acceptors (Lipinski definition) is 3. The average Bonchev–Trinajstić information content (AvgIpc) is 2.62. The Hall–Kier alpha value is -2.34. The summed E-state index contributed by atoms with van der Waals surface area (Å²) in [5, 5.41) is 5.68. The minimum atomic E-state index is -0.256. The lowest BCUT2D eigenvalue weighted by molar-refractivity contribution is -0.118. The Balaban J connectivity index is 2.10. The van der Waals surface area contributed by atoms with E-state index in [2.05, 4.69) is 40.4 Å². The monoisotopic (exact) mass is 432 g/mol. The fraction of sp³-hybridized carbons (Fsp3) is 0.333. The number of nitrogens with one attached hydrogen (secondary N) is 2. The molecule has 2 aromatic rings. The highest BCUT2D eigenvalue weighted by atomic mass is 79.9. The molecule has 2 N–H and O–H groups in total. The largest absolute Gasteiger partial charge is 0.492 e. The Morgan fingerprint density at radius 1 is 0.963 bits per heavy atom. The van der Waals surface area contributed by atoms with Crippen molar-refractivity contribution in [2.75, 3.05) is 17.2 Å². The van der Waals surface area contributed by atoms with Crippen LogP contribution in [0.15, 0.2) is 46.9 Å². The number of carbonyl (C=O) groups excluding carboxylic acids is 2. The molecule has 0 atom stereocenters. The normalized spacial score (nSPS) is 10.8. The molecule has 0 aromatic heterocycles. The molecule has 0 heterocycles. The summed E-state index contributed by atoms with van der Waals surface area (Å²) >= 11 is 3.40. The van der Waals surface area contributed by atoms with E-state index in [4.69, 9.17) is 4.74 Å². The van der Waals surface area contributed by atoms with Crippen LogP contribution >= 0.6 is 15.9 Å². The van der Waals surface area contributed by atoms with Gasteiger partial charge in [-0.15, -0.1) is 0 Å². The van der Waals surface area contributed by atoms with Crippen molar-refractivity contribution in [3.63, 3.8) is 0 Å². The van der Waals surface area contributed by atoms with E-state index in [-0.39, 0.29) is 17.7 Å². The molecule has 0 aliphatic carbocycles. The van der Waals surface area contributed by atoms with Gasteiger partial charge in [0.1, 0.15) is 5.75 Å². The van der Waals surface area contributed by atoms with Crippen molar-refractivity contribution >= 4 is 39.1 Å². The first-order valence-corrected chi connectivity index (χ1v) is 9.70. The van der Waals surface area contributed by atoms with E-state index in [1.807, 2.05) is 19.9 Å². The zero-order valence-electron chi connectivity index (χ0n) is 16.0. The third-order valence-corrected chi connectivity index (χ3v) is 4.19. The number of rotatable bonds is 7. The molecule has 5 nitrogen and oxygen atoms in total. The van der Waals surface area contributed by atoms with Crippen molar-refractivity contribution in [2.45, 2.75) is 27.7 Å². The van der Waals surface area contributed by atoms with Crippen molar-refractivity contribution in [3.05, 3.63) is 52.5 Å². The van der Waals surface area contributed by atoms with Crippen LogP contribution in [0.2, 0.25) is 0 Å². The van der Waals surface area contributed by atoms with Crippen LogP contribution in [0.1, 0.15) is 38.1 Å². The molecule has 27 heavy (non-hydrogen) atoms. The van der Waals surface area contributed by atoms with E-state index >= 15 is 0 Å². The van der Waals surface area contributed by atoms with Gasteiger partial charge in [0.05, 0.1) is 12.2 Å². The van der Waals surface area contributed by atoms with Crippen LogP contribution in [0.3, 0.4) is 0 Å². The number of anilines is 2. The van der Waals surface area contributed by atoms with Gasteiger partial charge in [0.25, 0.3) is 5.91 Å². The van der Waals surface area contributed by atoms with Gasteiger partial charge in [0.2, 0.25) is 5.91 Å². The number of halogens is 1. The predicted octanol–water partition coefficient (Wildman–Crippen LogP) is 5.33. The summed E-state index contributed by atoms with van der Waals surface area (Å²) in [4.78, 5) is 24.4. The summed E-state index contributed by atoms with van der Waals surface area (Å²) in [5.74, 6) is 0.510. The Labute approximate surface area is 168 Å². The van der Waals surface area contributed by atoms with Crippen LogP contribution in [0.4, 0.5) is 11.4 Å². The Bertz CT molecular complexity index is 802. The van der Waals surface area contributed by atoms with Gasteiger partial charge in [-0.2, -0.15) is 0 Å². The van der Waals surface area contributed by atoms with Gasteiger partial charge >= 0.3 is 0 Å². The van der Waals surface area contributed by atoms with Crippen LogP contribution in [0.5, 0.6) is 5.75 Å². The molecule has 2 aromatic carbocycles. The van der Waals surface area contributed by atoms with Crippen molar-refractivity contribution < 1.29 is 14.3 Å². The topological polar surface area (TPSA) is 67.4 Å². The summed E-state index contributed by atoms with van der Waals surface area (Å²) < 4.78 is 6.57. The molecule has 0 saturated heterocycles. The summed E-state index contributed by atoms with van der Waals surface area (Å²) in [7, 11) is 0. The molecule has 6 heteroatoms. The molecule has 0 saturated carbocycles. The SMILES string of the molecule is CC(C)COc1ccc(Br)cc1C(=O)Nc1ccc(NC(=O)C(C)C)cc1. The van der Waals surface area contributed by atoms with Crippen molar-refractivity contribution in [1.29, 1.82) is 0 Å². The summed E-state index contributed by atoms with van der Waals surface area (Å²) in [5.41, 5.74) is 1.79. The molecule has 0 aliphatic heterocycles. The van der Waals surface area contributed by atoms with Gasteiger partial charge in [-0.1, -0.05) is 43.6 Å². The maximum Gasteiger partial charge on any atom is 0.259 e. The third kappa shape index (κ3) is 6.40. The van der Waals surface area contributed by atoms with Crippen LogP contribution in [-0.4, -0.2) is 18.4 Å². The minimum Gasteiger partial charge on any atom is -0.492 e. The number of benzene rings is 2. The molecular formula is C21H25BrN2O3. The second-order valence-corrected chi connectivity index (χ2v) is 7.94.